The molecule has 8 nitrogen and oxygen atoms in total. The molecule has 0 saturated carbocycles. The highest BCUT2D eigenvalue weighted by Crippen LogP contribution is 2.24. The first-order valence-corrected chi connectivity index (χ1v) is 10.3. The molecule has 0 spiro atoms. The van der Waals surface area contributed by atoms with Crippen molar-refractivity contribution in [1.82, 2.24) is 30.5 Å². The third kappa shape index (κ3) is 4.59. The second-order valence-corrected chi connectivity index (χ2v) is 7.58. The van der Waals surface area contributed by atoms with Crippen LogP contribution in [0.1, 0.15) is 36.5 Å². The van der Waals surface area contributed by atoms with E-state index in [4.69, 9.17) is 10.4 Å². The fourth-order valence-electron chi connectivity index (χ4n) is 3.22. The molecule has 4 aromatic heterocycles. The highest BCUT2D eigenvalue weighted by Gasteiger charge is 2.13. The van der Waals surface area contributed by atoms with E-state index < -0.39 is 0 Å². The molecule has 4 rings (SSSR count). The maximum absolute atomic E-state index is 8.66. The summed E-state index contributed by atoms with van der Waals surface area (Å²) in [5.41, 5.74) is 5.13. The number of aromatic nitrogens is 5. The summed E-state index contributed by atoms with van der Waals surface area (Å²) < 4.78 is 0. The number of allylic oxidation sites excluding steroid dienone is 1. The number of hydrogen-bond donors (Lipinski definition) is 3. The molecule has 8 heteroatoms. The van der Waals surface area contributed by atoms with Crippen LogP contribution in [0.15, 0.2) is 67.4 Å². The zero-order chi connectivity index (χ0) is 22.5. The fourth-order valence-corrected chi connectivity index (χ4v) is 3.22. The molecule has 0 radical (unpaired) electrons. The summed E-state index contributed by atoms with van der Waals surface area (Å²) in [5, 5.41) is 23.1. The van der Waals surface area contributed by atoms with Crippen molar-refractivity contribution < 1.29 is 0 Å². The summed E-state index contributed by atoms with van der Waals surface area (Å²) in [6.07, 6.45) is 8.67. The van der Waals surface area contributed by atoms with Gasteiger partial charge >= 0.3 is 0 Å². The average Bonchev–Trinajstić information content (AvgIpc) is 2.82. The zero-order valence-electron chi connectivity index (χ0n) is 18.2. The van der Waals surface area contributed by atoms with Gasteiger partial charge in [0.2, 0.25) is 0 Å². The predicted octanol–water partition coefficient (Wildman–Crippen LogP) is 4.31. The quantitative estimate of drug-likeness (QED) is 0.379. The summed E-state index contributed by atoms with van der Waals surface area (Å²) in [5.74, 6) is 1.64. The number of pyridine rings is 3. The van der Waals surface area contributed by atoms with Gasteiger partial charge in [-0.1, -0.05) is 13.8 Å². The Balaban J connectivity index is 1.67. The van der Waals surface area contributed by atoms with Crippen molar-refractivity contribution in [3.05, 3.63) is 84.1 Å². The van der Waals surface area contributed by atoms with E-state index in [1.54, 1.807) is 38.0 Å². The van der Waals surface area contributed by atoms with Gasteiger partial charge in [0.15, 0.2) is 5.82 Å². The molecular formula is C24H24N8. The molecule has 0 unspecified atom stereocenters. The van der Waals surface area contributed by atoms with Gasteiger partial charge in [0, 0.05) is 48.5 Å². The van der Waals surface area contributed by atoms with Crippen LogP contribution in [0.5, 0.6) is 0 Å². The Labute approximate surface area is 186 Å². The van der Waals surface area contributed by atoms with E-state index >= 15 is 0 Å². The first kappa shape index (κ1) is 21.0. The Morgan fingerprint density at radius 2 is 1.88 bits per heavy atom. The Morgan fingerprint density at radius 1 is 1.00 bits per heavy atom. The Hall–Kier alpha value is -4.20. The standard InChI is InChI=1S/C24H24N8/c1-15(2)17-10-23(32-29-13-17)31-22-7-6-20-21(30-22)9-18(12-28-20)19(14-26-3)24(25)16-5-4-8-27-11-16/h4-15,25-26H,1-3H3,(H,30,31,32)/b19-14-,25-24?. The van der Waals surface area contributed by atoms with Crippen molar-refractivity contribution in [2.45, 2.75) is 19.8 Å². The largest absolute Gasteiger partial charge is 0.393 e. The Bertz CT molecular complexity index is 1280. The van der Waals surface area contributed by atoms with Crippen LogP contribution in [0, 0.1) is 5.41 Å². The Morgan fingerprint density at radius 3 is 2.62 bits per heavy atom. The highest BCUT2D eigenvalue weighted by molar-refractivity contribution is 6.30. The first-order chi connectivity index (χ1) is 15.5. The lowest BCUT2D eigenvalue weighted by Gasteiger charge is -2.11. The van der Waals surface area contributed by atoms with Gasteiger partial charge in [0.25, 0.3) is 0 Å². The van der Waals surface area contributed by atoms with Crippen molar-refractivity contribution in [2.75, 3.05) is 12.4 Å². The van der Waals surface area contributed by atoms with Crippen LogP contribution in [0.4, 0.5) is 11.6 Å². The molecule has 0 aliphatic heterocycles. The molecule has 4 heterocycles. The van der Waals surface area contributed by atoms with Crippen molar-refractivity contribution in [2.24, 2.45) is 0 Å². The van der Waals surface area contributed by atoms with E-state index in [1.807, 2.05) is 36.4 Å². The molecule has 0 bridgehead atoms. The molecule has 0 fully saturated rings. The number of nitrogens with one attached hydrogen (secondary N) is 3. The second kappa shape index (κ2) is 9.30. The van der Waals surface area contributed by atoms with Crippen LogP contribution < -0.4 is 10.6 Å². The summed E-state index contributed by atoms with van der Waals surface area (Å²) >= 11 is 0. The van der Waals surface area contributed by atoms with Crippen LogP contribution in [-0.4, -0.2) is 37.9 Å². The third-order valence-electron chi connectivity index (χ3n) is 4.96. The van der Waals surface area contributed by atoms with Crippen LogP contribution in [0.3, 0.4) is 0 Å². The number of rotatable bonds is 7. The molecule has 0 saturated heterocycles. The smallest absolute Gasteiger partial charge is 0.154 e. The van der Waals surface area contributed by atoms with Gasteiger partial charge < -0.3 is 10.6 Å². The topological polar surface area (TPSA) is 112 Å². The van der Waals surface area contributed by atoms with Crippen LogP contribution in [-0.2, 0) is 0 Å². The number of fused-ring (bicyclic) bond motifs is 1. The summed E-state index contributed by atoms with van der Waals surface area (Å²) in [6.45, 7) is 4.23. The highest BCUT2D eigenvalue weighted by atomic mass is 15.2. The average molecular weight is 425 g/mol. The molecule has 0 aromatic carbocycles. The normalized spacial score (nSPS) is 11.6. The van der Waals surface area contributed by atoms with Crippen molar-refractivity contribution in [1.29, 1.82) is 5.41 Å². The van der Waals surface area contributed by atoms with Crippen LogP contribution >= 0.6 is 0 Å². The molecule has 160 valence electrons. The van der Waals surface area contributed by atoms with Gasteiger partial charge in [-0.15, -0.1) is 5.10 Å². The monoisotopic (exact) mass is 424 g/mol. The van der Waals surface area contributed by atoms with Crippen LogP contribution in [0.2, 0.25) is 0 Å². The van der Waals surface area contributed by atoms with Gasteiger partial charge in [0.1, 0.15) is 5.82 Å². The van der Waals surface area contributed by atoms with Crippen molar-refractivity contribution in [3.8, 4) is 0 Å². The number of hydrogen-bond acceptors (Lipinski definition) is 8. The predicted molar refractivity (Wildman–Crippen MR) is 127 cm³/mol. The second-order valence-electron chi connectivity index (χ2n) is 7.58. The molecule has 0 amide bonds. The van der Waals surface area contributed by atoms with E-state index in [2.05, 4.69) is 44.6 Å². The van der Waals surface area contributed by atoms with Crippen molar-refractivity contribution in [3.63, 3.8) is 0 Å². The van der Waals surface area contributed by atoms with E-state index in [9.17, 15) is 0 Å². The Kier molecular flexibility index (Phi) is 6.12. The molecule has 3 N–H and O–H groups in total. The van der Waals surface area contributed by atoms with E-state index in [1.165, 1.54) is 0 Å². The summed E-state index contributed by atoms with van der Waals surface area (Å²) in [6, 6.07) is 11.3. The van der Waals surface area contributed by atoms with Crippen LogP contribution in [0.25, 0.3) is 16.6 Å². The van der Waals surface area contributed by atoms with Crippen molar-refractivity contribution >= 4 is 34.0 Å². The summed E-state index contributed by atoms with van der Waals surface area (Å²) in [7, 11) is 1.80. The SMILES string of the molecule is CN/C=C(\C(=N)c1cccnc1)c1cnc2ccc(Nc3cc(C(C)C)cnn3)nc2c1. The van der Waals surface area contributed by atoms with Gasteiger partial charge in [0.05, 0.1) is 22.9 Å². The van der Waals surface area contributed by atoms with E-state index in [0.717, 1.165) is 22.2 Å². The first-order valence-electron chi connectivity index (χ1n) is 10.3. The summed E-state index contributed by atoms with van der Waals surface area (Å²) in [4.78, 5) is 13.4. The van der Waals surface area contributed by atoms with Gasteiger partial charge in [-0.25, -0.2) is 4.98 Å². The minimum Gasteiger partial charge on any atom is -0.393 e. The molecule has 0 aliphatic carbocycles. The molecule has 4 aromatic rings. The lowest BCUT2D eigenvalue weighted by Crippen LogP contribution is -2.08. The fraction of sp³-hybridized carbons (Fsp3) is 0.167. The van der Waals surface area contributed by atoms with Gasteiger partial charge in [-0.2, -0.15) is 5.10 Å². The lowest BCUT2D eigenvalue weighted by molar-refractivity contribution is 0.843. The maximum atomic E-state index is 8.66. The van der Waals surface area contributed by atoms with Gasteiger partial charge in [-0.05, 0) is 47.9 Å². The molecule has 32 heavy (non-hydrogen) atoms. The maximum Gasteiger partial charge on any atom is 0.154 e. The lowest BCUT2D eigenvalue weighted by atomic mass is 9.98. The van der Waals surface area contributed by atoms with E-state index in [0.29, 0.717) is 34.4 Å². The molecule has 0 atom stereocenters. The third-order valence-corrected chi connectivity index (χ3v) is 4.96. The zero-order valence-corrected chi connectivity index (χ0v) is 18.2. The minimum absolute atomic E-state index is 0.351. The van der Waals surface area contributed by atoms with Gasteiger partial charge in [-0.3, -0.25) is 15.4 Å². The number of anilines is 2. The molecular weight excluding hydrogens is 400 g/mol. The minimum atomic E-state index is 0.351. The van der Waals surface area contributed by atoms with E-state index in [-0.39, 0.29) is 0 Å². The molecule has 0 aliphatic rings. The number of nitrogens with zero attached hydrogens (tertiary/aromatic N) is 5.